The first-order valence-electron chi connectivity index (χ1n) is 7.63. The van der Waals surface area contributed by atoms with E-state index in [1.54, 1.807) is 29.2 Å². The normalized spacial score (nSPS) is 17.8. The van der Waals surface area contributed by atoms with Crippen molar-refractivity contribution in [3.8, 4) is 0 Å². The third kappa shape index (κ3) is 2.90. The predicted molar refractivity (Wildman–Crippen MR) is 83.0 cm³/mol. The highest BCUT2D eigenvalue weighted by molar-refractivity contribution is 5.93. The molecule has 5 nitrogen and oxygen atoms in total. The number of likely N-dealkylation sites (N-methyl/N-ethyl adjacent to an activating group) is 1. The number of hydrogen-bond donors (Lipinski definition) is 0. The maximum Gasteiger partial charge on any atom is 0.289 e. The molecule has 22 heavy (non-hydrogen) atoms. The third-order valence-electron chi connectivity index (χ3n) is 3.96. The molecule has 0 aliphatic carbocycles. The number of benzene rings is 1. The topological polar surface area (TPSA) is 59.8 Å². The number of rotatable bonds is 4. The molecule has 0 saturated carbocycles. The molecule has 5 heteroatoms. The molecule has 2 aromatic rings. The molecule has 0 N–H and O–H groups in total. The van der Waals surface area contributed by atoms with Crippen LogP contribution in [-0.4, -0.2) is 36.6 Å². The molecule has 1 fully saturated rings. The van der Waals surface area contributed by atoms with Gasteiger partial charge in [0.05, 0.1) is 11.5 Å². The number of para-hydroxylation sites is 1. The minimum absolute atomic E-state index is 0.0797. The van der Waals surface area contributed by atoms with Crippen LogP contribution in [-0.2, 0) is 4.74 Å². The van der Waals surface area contributed by atoms with Gasteiger partial charge in [-0.1, -0.05) is 12.1 Å². The zero-order valence-corrected chi connectivity index (χ0v) is 12.6. The van der Waals surface area contributed by atoms with Gasteiger partial charge in [0.15, 0.2) is 11.2 Å². The van der Waals surface area contributed by atoms with Gasteiger partial charge >= 0.3 is 0 Å². The van der Waals surface area contributed by atoms with Crippen molar-refractivity contribution < 1.29 is 13.9 Å². The number of nitrogens with zero attached hydrogens (tertiary/aromatic N) is 1. The first-order chi connectivity index (χ1) is 10.7. The highest BCUT2D eigenvalue weighted by atomic mass is 16.5. The van der Waals surface area contributed by atoms with E-state index in [9.17, 15) is 9.59 Å². The SMILES string of the molecule is CCN(CC1CCCO1)C(=O)c1cc(=O)c2ccccc2o1. The molecule has 2 heterocycles. The summed E-state index contributed by atoms with van der Waals surface area (Å²) in [4.78, 5) is 26.4. The van der Waals surface area contributed by atoms with Crippen LogP contribution in [0, 0.1) is 0 Å². The molecular weight excluding hydrogens is 282 g/mol. The standard InChI is InChI=1S/C17H19NO4/c1-2-18(11-12-6-5-9-21-12)17(20)16-10-14(19)13-7-3-4-8-15(13)22-16/h3-4,7-8,10,12H,2,5-6,9,11H2,1H3. The van der Waals surface area contributed by atoms with E-state index in [0.717, 1.165) is 19.4 Å². The predicted octanol–water partition coefficient (Wildman–Crippen LogP) is 2.43. The van der Waals surface area contributed by atoms with Crippen LogP contribution >= 0.6 is 0 Å². The monoisotopic (exact) mass is 301 g/mol. The molecule has 1 saturated heterocycles. The summed E-state index contributed by atoms with van der Waals surface area (Å²) >= 11 is 0. The van der Waals surface area contributed by atoms with Crippen LogP contribution in [0.4, 0.5) is 0 Å². The van der Waals surface area contributed by atoms with Crippen LogP contribution in [0.5, 0.6) is 0 Å². The number of carbonyl (C=O) groups excluding carboxylic acids is 1. The molecule has 1 aliphatic rings. The number of carbonyl (C=O) groups is 1. The highest BCUT2D eigenvalue weighted by Crippen LogP contribution is 2.16. The smallest absolute Gasteiger partial charge is 0.289 e. The second-order valence-corrected chi connectivity index (χ2v) is 5.45. The molecule has 1 atom stereocenters. The lowest BCUT2D eigenvalue weighted by Crippen LogP contribution is -2.37. The minimum Gasteiger partial charge on any atom is -0.451 e. The van der Waals surface area contributed by atoms with Gasteiger partial charge in [0.1, 0.15) is 5.58 Å². The Morgan fingerprint density at radius 1 is 1.36 bits per heavy atom. The fourth-order valence-electron chi connectivity index (χ4n) is 2.75. The summed E-state index contributed by atoms with van der Waals surface area (Å²) in [5, 5.41) is 0.487. The quantitative estimate of drug-likeness (QED) is 0.870. The van der Waals surface area contributed by atoms with Gasteiger partial charge in [0.25, 0.3) is 5.91 Å². The van der Waals surface area contributed by atoms with E-state index >= 15 is 0 Å². The molecule has 116 valence electrons. The summed E-state index contributed by atoms with van der Waals surface area (Å²) in [5.41, 5.74) is 0.241. The van der Waals surface area contributed by atoms with Gasteiger partial charge in [0.2, 0.25) is 0 Å². The molecule has 0 radical (unpaired) electrons. The molecule has 1 aromatic heterocycles. The van der Waals surface area contributed by atoms with Crippen LogP contribution in [0.15, 0.2) is 39.5 Å². The highest BCUT2D eigenvalue weighted by Gasteiger charge is 2.24. The first-order valence-corrected chi connectivity index (χ1v) is 7.63. The third-order valence-corrected chi connectivity index (χ3v) is 3.96. The van der Waals surface area contributed by atoms with E-state index in [1.807, 2.05) is 6.92 Å². The van der Waals surface area contributed by atoms with E-state index in [4.69, 9.17) is 9.15 Å². The Morgan fingerprint density at radius 2 is 2.18 bits per heavy atom. The minimum atomic E-state index is -0.263. The molecule has 0 spiro atoms. The van der Waals surface area contributed by atoms with E-state index in [2.05, 4.69) is 0 Å². The average Bonchev–Trinajstić information content (AvgIpc) is 3.05. The average molecular weight is 301 g/mol. The van der Waals surface area contributed by atoms with Gasteiger partial charge in [-0.05, 0) is 31.9 Å². The van der Waals surface area contributed by atoms with Crippen molar-refractivity contribution in [2.24, 2.45) is 0 Å². The molecule has 1 unspecified atom stereocenters. The van der Waals surface area contributed by atoms with Gasteiger partial charge in [-0.3, -0.25) is 9.59 Å². The molecule has 3 rings (SSSR count). The van der Waals surface area contributed by atoms with E-state index in [1.165, 1.54) is 6.07 Å². The van der Waals surface area contributed by atoms with Gasteiger partial charge in [0, 0.05) is 25.8 Å². The Labute approximate surface area is 128 Å². The van der Waals surface area contributed by atoms with Crippen molar-refractivity contribution in [3.05, 3.63) is 46.3 Å². The fourth-order valence-corrected chi connectivity index (χ4v) is 2.75. The Kier molecular flexibility index (Phi) is 4.24. The lowest BCUT2D eigenvalue weighted by Gasteiger charge is -2.23. The van der Waals surface area contributed by atoms with Crippen LogP contribution in [0.2, 0.25) is 0 Å². The molecule has 1 amide bonds. The van der Waals surface area contributed by atoms with Crippen LogP contribution in [0.1, 0.15) is 30.3 Å². The zero-order valence-electron chi connectivity index (χ0n) is 12.6. The lowest BCUT2D eigenvalue weighted by atomic mass is 10.2. The lowest BCUT2D eigenvalue weighted by molar-refractivity contribution is 0.0516. The Hall–Kier alpha value is -2.14. The number of hydrogen-bond acceptors (Lipinski definition) is 4. The number of ether oxygens (including phenoxy) is 1. The van der Waals surface area contributed by atoms with E-state index in [-0.39, 0.29) is 23.2 Å². The molecular formula is C17H19NO4. The summed E-state index contributed by atoms with van der Waals surface area (Å²) in [7, 11) is 0. The van der Waals surface area contributed by atoms with Crippen LogP contribution in [0.25, 0.3) is 11.0 Å². The molecule has 0 bridgehead atoms. The second-order valence-electron chi connectivity index (χ2n) is 5.45. The summed E-state index contributed by atoms with van der Waals surface area (Å²) in [6.45, 7) is 3.74. The van der Waals surface area contributed by atoms with Crippen LogP contribution < -0.4 is 5.43 Å². The van der Waals surface area contributed by atoms with Crippen molar-refractivity contribution in [2.75, 3.05) is 19.7 Å². The van der Waals surface area contributed by atoms with Crippen molar-refractivity contribution >= 4 is 16.9 Å². The fraction of sp³-hybridized carbons (Fsp3) is 0.412. The van der Waals surface area contributed by atoms with Gasteiger partial charge in [-0.25, -0.2) is 0 Å². The Morgan fingerprint density at radius 3 is 2.91 bits per heavy atom. The summed E-state index contributed by atoms with van der Waals surface area (Å²) < 4.78 is 11.2. The largest absolute Gasteiger partial charge is 0.451 e. The van der Waals surface area contributed by atoms with Crippen molar-refractivity contribution in [1.82, 2.24) is 4.90 Å². The van der Waals surface area contributed by atoms with E-state index in [0.29, 0.717) is 24.1 Å². The molecule has 1 aromatic carbocycles. The number of fused-ring (bicyclic) bond motifs is 1. The van der Waals surface area contributed by atoms with Gasteiger partial charge < -0.3 is 14.1 Å². The van der Waals surface area contributed by atoms with E-state index < -0.39 is 0 Å². The Balaban J connectivity index is 1.88. The summed E-state index contributed by atoms with van der Waals surface area (Å²) in [6, 6.07) is 8.23. The first kappa shape index (κ1) is 14.8. The van der Waals surface area contributed by atoms with Gasteiger partial charge in [-0.2, -0.15) is 0 Å². The second kappa shape index (κ2) is 6.32. The zero-order chi connectivity index (χ0) is 15.5. The van der Waals surface area contributed by atoms with Crippen molar-refractivity contribution in [3.63, 3.8) is 0 Å². The number of amides is 1. The molecule has 1 aliphatic heterocycles. The van der Waals surface area contributed by atoms with Crippen molar-refractivity contribution in [2.45, 2.75) is 25.9 Å². The van der Waals surface area contributed by atoms with Crippen molar-refractivity contribution in [1.29, 1.82) is 0 Å². The Bertz CT molecular complexity index is 731. The maximum atomic E-state index is 12.6. The van der Waals surface area contributed by atoms with Gasteiger partial charge in [-0.15, -0.1) is 0 Å². The van der Waals surface area contributed by atoms with Crippen LogP contribution in [0.3, 0.4) is 0 Å². The summed E-state index contributed by atoms with van der Waals surface area (Å²) in [6.07, 6.45) is 2.07. The maximum absolute atomic E-state index is 12.6. The summed E-state index contributed by atoms with van der Waals surface area (Å²) in [5.74, 6) is -0.176.